The summed E-state index contributed by atoms with van der Waals surface area (Å²) >= 11 is 0. The molecule has 0 heterocycles. The van der Waals surface area contributed by atoms with Gasteiger partial charge in [-0.3, -0.25) is 9.59 Å². The molecule has 0 unspecified atom stereocenters. The second-order valence-corrected chi connectivity index (χ2v) is 5.11. The second kappa shape index (κ2) is 8.31. The van der Waals surface area contributed by atoms with Gasteiger partial charge in [-0.05, 0) is 31.2 Å². The number of methoxy groups -OCH3 is 1. The standard InChI is InChI=1S/C19H17N3O3/c1-13(23)14-6-5-7-16(10-14)21-12-15(11-20)19(24)22-17-8-3-4-9-18(17)25-2/h3-10,12,21H,1-2H3,(H,22,24)/b15-12-. The van der Waals surface area contributed by atoms with Crippen LogP contribution in [0, 0.1) is 11.3 Å². The minimum atomic E-state index is -0.567. The molecule has 2 aromatic rings. The highest BCUT2D eigenvalue weighted by Crippen LogP contribution is 2.23. The molecule has 0 spiro atoms. The van der Waals surface area contributed by atoms with Crippen LogP contribution in [0.25, 0.3) is 0 Å². The van der Waals surface area contributed by atoms with Gasteiger partial charge >= 0.3 is 0 Å². The molecule has 6 heteroatoms. The number of rotatable bonds is 6. The number of nitrogens with one attached hydrogen (secondary N) is 2. The summed E-state index contributed by atoms with van der Waals surface area (Å²) < 4.78 is 5.16. The van der Waals surface area contributed by atoms with Gasteiger partial charge in [-0.15, -0.1) is 0 Å². The summed E-state index contributed by atoms with van der Waals surface area (Å²) in [5.41, 5.74) is 1.50. The van der Waals surface area contributed by atoms with E-state index in [2.05, 4.69) is 10.6 Å². The average molecular weight is 335 g/mol. The summed E-state index contributed by atoms with van der Waals surface area (Å²) in [5, 5.41) is 14.7. The Bertz CT molecular complexity index is 866. The Morgan fingerprint density at radius 1 is 1.16 bits per heavy atom. The molecule has 0 saturated heterocycles. The minimum absolute atomic E-state index is 0.0675. The van der Waals surface area contributed by atoms with E-state index in [0.29, 0.717) is 22.7 Å². The van der Waals surface area contributed by atoms with Crippen LogP contribution in [-0.2, 0) is 4.79 Å². The number of amides is 1. The Balaban J connectivity index is 2.14. The van der Waals surface area contributed by atoms with Crippen LogP contribution in [0.2, 0.25) is 0 Å². The zero-order chi connectivity index (χ0) is 18.2. The van der Waals surface area contributed by atoms with Crippen molar-refractivity contribution in [3.8, 4) is 11.8 Å². The van der Waals surface area contributed by atoms with Gasteiger partial charge in [0, 0.05) is 17.5 Å². The lowest BCUT2D eigenvalue weighted by atomic mass is 10.1. The first-order valence-electron chi connectivity index (χ1n) is 7.47. The zero-order valence-electron chi connectivity index (χ0n) is 13.9. The maximum atomic E-state index is 12.3. The molecule has 0 radical (unpaired) electrons. The summed E-state index contributed by atoms with van der Waals surface area (Å²) in [6, 6.07) is 15.5. The summed E-state index contributed by atoms with van der Waals surface area (Å²) in [4.78, 5) is 23.6. The predicted molar refractivity (Wildman–Crippen MR) is 95.4 cm³/mol. The molecule has 0 aliphatic rings. The number of hydrogen-bond donors (Lipinski definition) is 2. The van der Waals surface area contributed by atoms with Gasteiger partial charge < -0.3 is 15.4 Å². The van der Waals surface area contributed by atoms with Crippen LogP contribution >= 0.6 is 0 Å². The van der Waals surface area contributed by atoms with Crippen molar-refractivity contribution in [3.63, 3.8) is 0 Å². The summed E-state index contributed by atoms with van der Waals surface area (Å²) in [6.45, 7) is 1.47. The summed E-state index contributed by atoms with van der Waals surface area (Å²) in [5.74, 6) is -0.139. The molecule has 1 amide bonds. The van der Waals surface area contributed by atoms with Gasteiger partial charge in [0.2, 0.25) is 0 Å². The first-order chi connectivity index (χ1) is 12.0. The second-order valence-electron chi connectivity index (χ2n) is 5.11. The van der Waals surface area contributed by atoms with Gasteiger partial charge in [0.05, 0.1) is 12.8 Å². The number of Topliss-reactive ketones (excluding diaryl/α,β-unsaturated/α-hetero) is 1. The van der Waals surface area contributed by atoms with Crippen LogP contribution in [0.5, 0.6) is 5.75 Å². The smallest absolute Gasteiger partial charge is 0.267 e. The molecular weight excluding hydrogens is 318 g/mol. The van der Waals surface area contributed by atoms with Crippen molar-refractivity contribution in [1.82, 2.24) is 0 Å². The monoisotopic (exact) mass is 335 g/mol. The number of benzene rings is 2. The molecule has 0 aliphatic heterocycles. The fourth-order valence-corrected chi connectivity index (χ4v) is 2.07. The van der Waals surface area contributed by atoms with Crippen LogP contribution in [0.4, 0.5) is 11.4 Å². The highest BCUT2D eigenvalue weighted by atomic mass is 16.5. The summed E-state index contributed by atoms with van der Waals surface area (Å²) in [7, 11) is 1.50. The van der Waals surface area contributed by atoms with Crippen LogP contribution in [0.15, 0.2) is 60.3 Å². The van der Waals surface area contributed by atoms with E-state index in [9.17, 15) is 14.9 Å². The number of nitriles is 1. The van der Waals surface area contributed by atoms with Crippen molar-refractivity contribution in [2.24, 2.45) is 0 Å². The maximum absolute atomic E-state index is 12.3. The lowest BCUT2D eigenvalue weighted by Crippen LogP contribution is -2.15. The van der Waals surface area contributed by atoms with Crippen LogP contribution < -0.4 is 15.4 Å². The topological polar surface area (TPSA) is 91.2 Å². The van der Waals surface area contributed by atoms with E-state index in [0.717, 1.165) is 0 Å². The highest BCUT2D eigenvalue weighted by Gasteiger charge is 2.12. The van der Waals surface area contributed by atoms with E-state index in [1.54, 1.807) is 48.5 Å². The van der Waals surface area contributed by atoms with E-state index in [4.69, 9.17) is 4.74 Å². The quantitative estimate of drug-likeness (QED) is 0.480. The average Bonchev–Trinajstić information content (AvgIpc) is 2.63. The number of para-hydroxylation sites is 2. The van der Waals surface area contributed by atoms with Gasteiger partial charge in [0.15, 0.2) is 5.78 Å². The molecule has 2 N–H and O–H groups in total. The van der Waals surface area contributed by atoms with Crippen LogP contribution in [-0.4, -0.2) is 18.8 Å². The molecule has 25 heavy (non-hydrogen) atoms. The minimum Gasteiger partial charge on any atom is -0.495 e. The Kier molecular flexibility index (Phi) is 5.91. The lowest BCUT2D eigenvalue weighted by Gasteiger charge is -2.09. The molecule has 6 nitrogen and oxygen atoms in total. The predicted octanol–water partition coefficient (Wildman–Crippen LogP) is 3.36. The number of carbonyl (C=O) groups is 2. The molecule has 126 valence electrons. The van der Waals surface area contributed by atoms with Gasteiger partial charge in [-0.2, -0.15) is 5.26 Å². The van der Waals surface area contributed by atoms with E-state index in [1.165, 1.54) is 20.2 Å². The molecule has 0 bridgehead atoms. The third kappa shape index (κ3) is 4.69. The molecule has 0 aromatic heterocycles. The normalized spacial score (nSPS) is 10.5. The molecule has 0 saturated carbocycles. The van der Waals surface area contributed by atoms with Crippen molar-refractivity contribution in [2.75, 3.05) is 17.7 Å². The zero-order valence-corrected chi connectivity index (χ0v) is 13.9. The van der Waals surface area contributed by atoms with Crippen molar-refractivity contribution < 1.29 is 14.3 Å². The fraction of sp³-hybridized carbons (Fsp3) is 0.105. The molecule has 2 rings (SSSR count). The number of carbonyl (C=O) groups excluding carboxylic acids is 2. The Morgan fingerprint density at radius 2 is 1.92 bits per heavy atom. The largest absolute Gasteiger partial charge is 0.495 e. The van der Waals surface area contributed by atoms with Crippen LogP contribution in [0.3, 0.4) is 0 Å². The van der Waals surface area contributed by atoms with E-state index < -0.39 is 5.91 Å². The summed E-state index contributed by atoms with van der Waals surface area (Å²) in [6.07, 6.45) is 1.30. The molecular formula is C19H17N3O3. The van der Waals surface area contributed by atoms with Crippen molar-refractivity contribution >= 4 is 23.1 Å². The Labute approximate surface area is 145 Å². The first-order valence-corrected chi connectivity index (χ1v) is 7.47. The van der Waals surface area contributed by atoms with Crippen molar-refractivity contribution in [3.05, 3.63) is 65.9 Å². The number of anilines is 2. The number of ketones is 1. The molecule has 0 atom stereocenters. The van der Waals surface area contributed by atoms with Crippen LogP contribution in [0.1, 0.15) is 17.3 Å². The number of hydrogen-bond acceptors (Lipinski definition) is 5. The number of ether oxygens (including phenoxy) is 1. The fourth-order valence-electron chi connectivity index (χ4n) is 2.07. The van der Waals surface area contributed by atoms with E-state index in [1.807, 2.05) is 6.07 Å². The van der Waals surface area contributed by atoms with Gasteiger partial charge in [0.25, 0.3) is 5.91 Å². The third-order valence-corrected chi connectivity index (χ3v) is 3.37. The Morgan fingerprint density at radius 3 is 2.60 bits per heavy atom. The van der Waals surface area contributed by atoms with Gasteiger partial charge in [0.1, 0.15) is 17.4 Å². The lowest BCUT2D eigenvalue weighted by molar-refractivity contribution is -0.112. The molecule has 0 fully saturated rings. The van der Waals surface area contributed by atoms with E-state index in [-0.39, 0.29) is 11.4 Å². The Hall–Kier alpha value is -3.59. The highest BCUT2D eigenvalue weighted by molar-refractivity contribution is 6.07. The number of nitrogens with zero attached hydrogens (tertiary/aromatic N) is 1. The first kappa shape index (κ1) is 17.8. The molecule has 0 aliphatic carbocycles. The SMILES string of the molecule is COc1ccccc1NC(=O)/C(C#N)=C\Nc1cccc(C(C)=O)c1. The van der Waals surface area contributed by atoms with Crippen molar-refractivity contribution in [2.45, 2.75) is 6.92 Å². The molecule has 2 aromatic carbocycles. The van der Waals surface area contributed by atoms with Crippen molar-refractivity contribution in [1.29, 1.82) is 5.26 Å². The van der Waals surface area contributed by atoms with Gasteiger partial charge in [-0.25, -0.2) is 0 Å². The maximum Gasteiger partial charge on any atom is 0.267 e. The van der Waals surface area contributed by atoms with E-state index >= 15 is 0 Å². The third-order valence-electron chi connectivity index (χ3n) is 3.37. The van der Waals surface area contributed by atoms with Gasteiger partial charge in [-0.1, -0.05) is 24.3 Å².